The Morgan fingerprint density at radius 1 is 1.38 bits per heavy atom. The number of carbonyl (C=O) groups is 2. The number of methoxy groups -OCH3 is 1. The zero-order chi connectivity index (χ0) is 17.7. The molecular formula is C18H19N3O3. The van der Waals surface area contributed by atoms with E-state index in [9.17, 15) is 14.9 Å². The van der Waals surface area contributed by atoms with E-state index in [-0.39, 0.29) is 24.1 Å². The number of amides is 1. The monoisotopic (exact) mass is 325 g/mol. The second-order valence-corrected chi connectivity index (χ2v) is 5.60. The van der Waals surface area contributed by atoms with Gasteiger partial charge in [0.25, 0.3) is 5.91 Å². The molecule has 0 aliphatic rings. The molecule has 24 heavy (non-hydrogen) atoms. The molecule has 1 aromatic carbocycles. The van der Waals surface area contributed by atoms with Crippen LogP contribution in [0.15, 0.2) is 36.0 Å². The second kappa shape index (κ2) is 7.47. The molecule has 124 valence electrons. The molecule has 2 aromatic rings. The summed E-state index contributed by atoms with van der Waals surface area (Å²) in [6.45, 7) is 3.72. The first-order valence-corrected chi connectivity index (χ1v) is 7.53. The summed E-state index contributed by atoms with van der Waals surface area (Å²) in [6.07, 6.45) is 3.27. The lowest BCUT2D eigenvalue weighted by Crippen LogP contribution is -2.30. The van der Waals surface area contributed by atoms with Gasteiger partial charge in [-0.15, -0.1) is 0 Å². The Hall–Kier alpha value is -3.07. The first-order chi connectivity index (χ1) is 11.5. The molecule has 0 aliphatic heterocycles. The van der Waals surface area contributed by atoms with E-state index < -0.39 is 5.91 Å². The van der Waals surface area contributed by atoms with Gasteiger partial charge in [-0.05, 0) is 26.0 Å². The molecule has 0 saturated carbocycles. The quantitative estimate of drug-likeness (QED) is 0.519. The first-order valence-electron chi connectivity index (χ1n) is 7.53. The molecule has 0 saturated heterocycles. The average Bonchev–Trinajstić information content (AvgIpc) is 2.89. The first kappa shape index (κ1) is 17.3. The van der Waals surface area contributed by atoms with Gasteiger partial charge in [0.05, 0.1) is 7.11 Å². The third-order valence-electron chi connectivity index (χ3n) is 3.43. The van der Waals surface area contributed by atoms with Crippen molar-refractivity contribution in [3.8, 4) is 6.07 Å². The molecule has 0 atom stereocenters. The zero-order valence-corrected chi connectivity index (χ0v) is 13.9. The van der Waals surface area contributed by atoms with Gasteiger partial charge in [-0.1, -0.05) is 18.2 Å². The standard InChI is InChI=1S/C18H19N3O3/c1-12(2)20-18(23)13(9-19)8-14-10-21(11-17(22)24-3)16-7-5-4-6-15(14)16/h4-8,10,12H,11H2,1-3H3,(H,20,23)/b13-8-. The lowest BCUT2D eigenvalue weighted by Gasteiger charge is -2.06. The molecule has 1 aromatic heterocycles. The van der Waals surface area contributed by atoms with Crippen LogP contribution in [0.2, 0.25) is 0 Å². The van der Waals surface area contributed by atoms with E-state index in [1.54, 1.807) is 10.8 Å². The summed E-state index contributed by atoms with van der Waals surface area (Å²) in [5, 5.41) is 12.8. The Morgan fingerprint density at radius 3 is 2.71 bits per heavy atom. The average molecular weight is 325 g/mol. The van der Waals surface area contributed by atoms with Gasteiger partial charge in [0, 0.05) is 28.7 Å². The molecule has 1 N–H and O–H groups in total. The van der Waals surface area contributed by atoms with Gasteiger partial charge < -0.3 is 14.6 Å². The van der Waals surface area contributed by atoms with Crippen LogP contribution in [0.4, 0.5) is 0 Å². The summed E-state index contributed by atoms with van der Waals surface area (Å²) in [5.41, 5.74) is 1.55. The molecule has 0 fully saturated rings. The van der Waals surface area contributed by atoms with E-state index in [1.807, 2.05) is 44.2 Å². The van der Waals surface area contributed by atoms with Crippen LogP contribution in [0.1, 0.15) is 19.4 Å². The van der Waals surface area contributed by atoms with Crippen molar-refractivity contribution >= 4 is 28.9 Å². The minimum Gasteiger partial charge on any atom is -0.468 e. The van der Waals surface area contributed by atoms with Gasteiger partial charge in [0.15, 0.2) is 0 Å². The van der Waals surface area contributed by atoms with Crippen molar-refractivity contribution in [1.82, 2.24) is 9.88 Å². The zero-order valence-electron chi connectivity index (χ0n) is 13.9. The Bertz CT molecular complexity index is 841. The summed E-state index contributed by atoms with van der Waals surface area (Å²) in [5.74, 6) is -0.790. The number of rotatable bonds is 5. The number of hydrogen-bond acceptors (Lipinski definition) is 4. The highest BCUT2D eigenvalue weighted by Gasteiger charge is 2.14. The van der Waals surface area contributed by atoms with Gasteiger partial charge in [0.1, 0.15) is 18.2 Å². The maximum atomic E-state index is 12.1. The van der Waals surface area contributed by atoms with Crippen molar-refractivity contribution in [2.24, 2.45) is 0 Å². The number of ether oxygens (including phenoxy) is 1. The fourth-order valence-corrected chi connectivity index (χ4v) is 2.37. The van der Waals surface area contributed by atoms with E-state index in [1.165, 1.54) is 13.2 Å². The van der Waals surface area contributed by atoms with Crippen LogP contribution >= 0.6 is 0 Å². The lowest BCUT2D eigenvalue weighted by molar-refractivity contribution is -0.141. The number of benzene rings is 1. The van der Waals surface area contributed by atoms with E-state index in [4.69, 9.17) is 4.74 Å². The second-order valence-electron chi connectivity index (χ2n) is 5.60. The predicted molar refractivity (Wildman–Crippen MR) is 90.8 cm³/mol. The number of carbonyl (C=O) groups excluding carboxylic acids is 2. The van der Waals surface area contributed by atoms with E-state index in [2.05, 4.69) is 5.32 Å². The van der Waals surface area contributed by atoms with Crippen LogP contribution in [0.3, 0.4) is 0 Å². The summed E-state index contributed by atoms with van der Waals surface area (Å²) in [4.78, 5) is 23.6. The van der Waals surface area contributed by atoms with Gasteiger partial charge in [-0.2, -0.15) is 5.26 Å². The number of nitrogens with one attached hydrogen (secondary N) is 1. The molecule has 6 nitrogen and oxygen atoms in total. The van der Waals surface area contributed by atoms with Crippen molar-refractivity contribution in [3.05, 3.63) is 41.6 Å². The molecule has 0 spiro atoms. The molecule has 0 unspecified atom stereocenters. The van der Waals surface area contributed by atoms with Crippen LogP contribution < -0.4 is 5.32 Å². The fourth-order valence-electron chi connectivity index (χ4n) is 2.37. The smallest absolute Gasteiger partial charge is 0.325 e. The van der Waals surface area contributed by atoms with Gasteiger partial charge in [-0.3, -0.25) is 9.59 Å². The van der Waals surface area contributed by atoms with Crippen LogP contribution in [-0.2, 0) is 20.9 Å². The number of nitriles is 1. The normalized spacial score (nSPS) is 11.4. The van der Waals surface area contributed by atoms with E-state index >= 15 is 0 Å². The molecule has 0 aliphatic carbocycles. The number of para-hydroxylation sites is 1. The molecule has 1 heterocycles. The largest absolute Gasteiger partial charge is 0.468 e. The Kier molecular flexibility index (Phi) is 5.38. The minimum absolute atomic E-state index is 0.0182. The summed E-state index contributed by atoms with van der Waals surface area (Å²) in [6, 6.07) is 9.34. The highest BCUT2D eigenvalue weighted by molar-refractivity contribution is 6.04. The van der Waals surface area contributed by atoms with Crippen LogP contribution in [0.25, 0.3) is 17.0 Å². The van der Waals surface area contributed by atoms with E-state index in [0.717, 1.165) is 10.9 Å². The third kappa shape index (κ3) is 3.82. The highest BCUT2D eigenvalue weighted by Crippen LogP contribution is 2.23. The lowest BCUT2D eigenvalue weighted by atomic mass is 10.1. The van der Waals surface area contributed by atoms with Crippen molar-refractivity contribution in [2.75, 3.05) is 7.11 Å². The van der Waals surface area contributed by atoms with Gasteiger partial charge in [-0.25, -0.2) is 0 Å². The fraction of sp³-hybridized carbons (Fsp3) is 0.278. The Labute approximate surface area is 140 Å². The summed E-state index contributed by atoms with van der Waals surface area (Å²) >= 11 is 0. The van der Waals surface area contributed by atoms with Crippen molar-refractivity contribution < 1.29 is 14.3 Å². The number of aromatic nitrogens is 1. The van der Waals surface area contributed by atoms with Crippen LogP contribution in [0.5, 0.6) is 0 Å². The number of fused-ring (bicyclic) bond motifs is 1. The van der Waals surface area contributed by atoms with Crippen molar-refractivity contribution in [1.29, 1.82) is 5.26 Å². The minimum atomic E-state index is -0.419. The molecule has 1 amide bonds. The predicted octanol–water partition coefficient (Wildman–Crippen LogP) is 2.25. The SMILES string of the molecule is COC(=O)Cn1cc(/C=C(/C#N)C(=O)NC(C)C)c2ccccc21. The molecule has 0 radical (unpaired) electrons. The van der Waals surface area contributed by atoms with Gasteiger partial charge in [0.2, 0.25) is 0 Å². The molecule has 6 heteroatoms. The Balaban J connectivity index is 2.48. The maximum absolute atomic E-state index is 12.1. The molecule has 2 rings (SSSR count). The maximum Gasteiger partial charge on any atom is 0.325 e. The summed E-state index contributed by atoms with van der Waals surface area (Å²) in [7, 11) is 1.33. The molecular weight excluding hydrogens is 306 g/mol. The summed E-state index contributed by atoms with van der Waals surface area (Å²) < 4.78 is 6.44. The number of hydrogen-bond donors (Lipinski definition) is 1. The van der Waals surface area contributed by atoms with Crippen molar-refractivity contribution in [2.45, 2.75) is 26.4 Å². The van der Waals surface area contributed by atoms with Crippen LogP contribution in [-0.4, -0.2) is 29.6 Å². The third-order valence-corrected chi connectivity index (χ3v) is 3.43. The molecule has 0 bridgehead atoms. The van der Waals surface area contributed by atoms with Gasteiger partial charge >= 0.3 is 5.97 Å². The topological polar surface area (TPSA) is 84.1 Å². The number of nitrogens with zero attached hydrogens (tertiary/aromatic N) is 2. The van der Waals surface area contributed by atoms with Crippen LogP contribution in [0, 0.1) is 11.3 Å². The van der Waals surface area contributed by atoms with E-state index in [0.29, 0.717) is 5.56 Å². The number of esters is 1. The Morgan fingerprint density at radius 2 is 2.08 bits per heavy atom. The highest BCUT2D eigenvalue weighted by atomic mass is 16.5. The van der Waals surface area contributed by atoms with Crippen molar-refractivity contribution in [3.63, 3.8) is 0 Å².